The number of amides is 1. The van der Waals surface area contributed by atoms with Crippen LogP contribution in [0, 0.1) is 23.7 Å². The topological polar surface area (TPSA) is 176 Å². The molecule has 0 bridgehead atoms. The minimum Gasteiger partial charge on any atom is -0.507 e. The zero-order valence-electron chi connectivity index (χ0n) is 24.7. The molecule has 2 saturated carbocycles. The maximum absolute atomic E-state index is 14.1. The number of nitrogens with one attached hydrogen (secondary N) is 1. The highest BCUT2D eigenvalue weighted by atomic mass is 16.5. The average molecular weight is 592 g/mol. The van der Waals surface area contributed by atoms with Gasteiger partial charge in [-0.1, -0.05) is 19.1 Å². The van der Waals surface area contributed by atoms with Crippen molar-refractivity contribution in [2.75, 3.05) is 27.7 Å². The van der Waals surface area contributed by atoms with Gasteiger partial charge in [-0.2, -0.15) is 0 Å². The lowest BCUT2D eigenvalue weighted by Crippen LogP contribution is -2.74. The third kappa shape index (κ3) is 4.66. The van der Waals surface area contributed by atoms with Crippen LogP contribution in [0.3, 0.4) is 0 Å². The minimum absolute atomic E-state index is 0.0168. The molecule has 6 atom stereocenters. The highest BCUT2D eigenvalue weighted by Crippen LogP contribution is 2.52. The van der Waals surface area contributed by atoms with Gasteiger partial charge in [0, 0.05) is 18.0 Å². The van der Waals surface area contributed by atoms with Crippen molar-refractivity contribution >= 4 is 29.0 Å². The lowest BCUT2D eigenvalue weighted by Gasteiger charge is -2.52. The van der Waals surface area contributed by atoms with E-state index in [4.69, 9.17) is 10.5 Å². The predicted octanol–water partition coefficient (Wildman–Crippen LogP) is 1.04. The van der Waals surface area contributed by atoms with Gasteiger partial charge in [0.1, 0.15) is 11.5 Å². The molecule has 43 heavy (non-hydrogen) atoms. The van der Waals surface area contributed by atoms with E-state index in [1.807, 2.05) is 18.2 Å². The number of Topliss-reactive ketones (excluding diaryl/α,β-unsaturated/α-hetero) is 4. The number of primary amides is 1. The summed E-state index contributed by atoms with van der Waals surface area (Å²) < 4.78 is 5.66. The highest BCUT2D eigenvalue weighted by Gasteiger charge is 2.69. The summed E-state index contributed by atoms with van der Waals surface area (Å²) >= 11 is 0. The summed E-state index contributed by atoms with van der Waals surface area (Å²) in [4.78, 5) is 68.5. The summed E-state index contributed by atoms with van der Waals surface area (Å²) in [5.41, 5.74) is 5.43. The summed E-state index contributed by atoms with van der Waals surface area (Å²) in [5, 5.41) is 26.0. The molecule has 0 saturated heterocycles. The quantitative estimate of drug-likeness (QED) is 0.256. The fourth-order valence-corrected chi connectivity index (χ4v) is 7.34. The molecule has 11 nitrogen and oxygen atoms in total. The number of likely N-dealkylation sites (N-methyl/N-ethyl adjacent to an activating group) is 1. The molecule has 0 spiro atoms. The van der Waals surface area contributed by atoms with Crippen molar-refractivity contribution in [1.29, 1.82) is 0 Å². The fraction of sp³-hybridized carbons (Fsp3) is 0.469. The molecule has 0 heterocycles. The highest BCUT2D eigenvalue weighted by molar-refractivity contribution is 6.32. The molecule has 0 aromatic heterocycles. The van der Waals surface area contributed by atoms with E-state index < -0.39 is 64.4 Å². The zero-order valence-corrected chi connectivity index (χ0v) is 24.7. The van der Waals surface area contributed by atoms with E-state index in [-0.39, 0.29) is 24.2 Å². The number of phenols is 1. The summed E-state index contributed by atoms with van der Waals surface area (Å²) in [6.45, 7) is 3.53. The Morgan fingerprint density at radius 1 is 1.12 bits per heavy atom. The summed E-state index contributed by atoms with van der Waals surface area (Å²) in [6, 6.07) is 7.67. The first-order valence-corrected chi connectivity index (χ1v) is 14.5. The maximum Gasteiger partial charge on any atom is 0.235 e. The minimum atomic E-state index is -2.76. The van der Waals surface area contributed by atoms with Gasteiger partial charge in [0.25, 0.3) is 0 Å². The van der Waals surface area contributed by atoms with Crippen LogP contribution in [-0.2, 0) is 32.1 Å². The summed E-state index contributed by atoms with van der Waals surface area (Å²) in [7, 11) is 4.65. The number of carbonyl (C=O) groups excluding carboxylic acids is 5. The smallest absolute Gasteiger partial charge is 0.235 e. The number of nitrogens with zero attached hydrogens (tertiary/aromatic N) is 1. The van der Waals surface area contributed by atoms with Crippen molar-refractivity contribution in [2.45, 2.75) is 44.4 Å². The largest absolute Gasteiger partial charge is 0.507 e. The lowest BCUT2D eigenvalue weighted by molar-refractivity contribution is -0.181. The van der Waals surface area contributed by atoms with Gasteiger partial charge in [0.05, 0.1) is 24.6 Å². The van der Waals surface area contributed by atoms with Crippen LogP contribution >= 0.6 is 0 Å². The predicted molar refractivity (Wildman–Crippen MR) is 155 cm³/mol. The molecule has 3 aliphatic rings. The van der Waals surface area contributed by atoms with Crippen LogP contribution in [0.2, 0.25) is 0 Å². The Bertz CT molecular complexity index is 1530. The van der Waals surface area contributed by atoms with Crippen LogP contribution in [-0.4, -0.2) is 83.5 Å². The van der Waals surface area contributed by atoms with E-state index >= 15 is 0 Å². The Hall–Kier alpha value is -3.93. The van der Waals surface area contributed by atoms with E-state index in [0.29, 0.717) is 29.0 Å². The molecule has 11 heteroatoms. The molecular weight excluding hydrogens is 554 g/mol. The van der Waals surface area contributed by atoms with Crippen LogP contribution in [0.5, 0.6) is 11.5 Å². The van der Waals surface area contributed by atoms with Gasteiger partial charge in [-0.15, -0.1) is 0 Å². The Morgan fingerprint density at radius 3 is 2.47 bits per heavy atom. The second-order valence-electron chi connectivity index (χ2n) is 12.0. The third-order valence-corrected chi connectivity index (χ3v) is 9.25. The maximum atomic E-state index is 14.1. The van der Waals surface area contributed by atoms with Crippen LogP contribution in [0.1, 0.15) is 41.3 Å². The molecule has 228 valence electrons. The van der Waals surface area contributed by atoms with Crippen molar-refractivity contribution in [3.05, 3.63) is 47.0 Å². The number of phenolic OH excluding ortho intramolecular Hbond substituents is 1. The molecular formula is C32H37N3O8. The Labute approximate surface area is 249 Å². The number of ether oxygens (including phenoxy) is 1. The summed E-state index contributed by atoms with van der Waals surface area (Å²) in [6.07, 6.45) is 1.12. The number of nitrogens with two attached hydrogens (primary N) is 1. The van der Waals surface area contributed by atoms with E-state index in [1.165, 1.54) is 11.0 Å². The Morgan fingerprint density at radius 2 is 1.84 bits per heavy atom. The number of methoxy groups -OCH3 is 1. The second kappa shape index (κ2) is 11.3. The van der Waals surface area contributed by atoms with Gasteiger partial charge in [-0.25, -0.2) is 0 Å². The number of aliphatic hydroxyl groups is 1. The fourth-order valence-electron chi connectivity index (χ4n) is 7.34. The number of hydrogen-bond acceptors (Lipinski definition) is 10. The first-order chi connectivity index (χ1) is 20.4. The van der Waals surface area contributed by atoms with Crippen molar-refractivity contribution in [1.82, 2.24) is 10.2 Å². The van der Waals surface area contributed by atoms with Crippen molar-refractivity contribution in [3.8, 4) is 22.6 Å². The number of hydrogen-bond donors (Lipinski definition) is 4. The van der Waals surface area contributed by atoms with E-state index in [0.717, 1.165) is 18.5 Å². The standard InChI is InChI=1S/C32H37N3O8/c1-5-10-34-14-15-6-9-22(43-4)18(11-15)17-7-8-21(36)24-19(17)12-16-13-20-26(35(2)3)28(38)25(31(33)41)30(40)32(20,42)29(39)23(16)27(24)37/h6-9,11,16,20,23,25-26,34,36,42H,5,10,12-14H2,1-4H3,(H2,33,41). The monoisotopic (exact) mass is 591 g/mol. The van der Waals surface area contributed by atoms with Gasteiger partial charge in [-0.3, -0.25) is 28.9 Å². The molecule has 3 aliphatic carbocycles. The second-order valence-corrected chi connectivity index (χ2v) is 12.0. The van der Waals surface area contributed by atoms with Crippen molar-refractivity contribution in [3.63, 3.8) is 0 Å². The first kappa shape index (κ1) is 30.5. The number of ketones is 4. The van der Waals surface area contributed by atoms with Crippen LogP contribution in [0.15, 0.2) is 30.3 Å². The van der Waals surface area contributed by atoms with Gasteiger partial charge >= 0.3 is 0 Å². The van der Waals surface area contributed by atoms with Gasteiger partial charge in [-0.05, 0) is 80.7 Å². The molecule has 5 N–H and O–H groups in total. The number of benzene rings is 2. The van der Waals surface area contributed by atoms with Gasteiger partial charge in [0.15, 0.2) is 34.7 Å². The number of carbonyl (C=O) groups is 5. The molecule has 2 fully saturated rings. The SMILES string of the molecule is CCCNCc1ccc(OC)c(-c2ccc(O)c3c2CC2CC4C(N(C)C)C(=O)C(C(N)=O)C(=O)C4(O)C(=O)C2C3=O)c1. The molecule has 2 aromatic carbocycles. The number of rotatable bonds is 8. The van der Waals surface area contributed by atoms with E-state index in [1.54, 1.807) is 27.3 Å². The molecule has 6 unspecified atom stereocenters. The molecule has 0 radical (unpaired) electrons. The van der Waals surface area contributed by atoms with Crippen molar-refractivity contribution in [2.24, 2.45) is 29.4 Å². The van der Waals surface area contributed by atoms with Crippen LogP contribution in [0.25, 0.3) is 11.1 Å². The van der Waals surface area contributed by atoms with Gasteiger partial charge in [0.2, 0.25) is 5.91 Å². The lowest BCUT2D eigenvalue weighted by atomic mass is 9.52. The average Bonchev–Trinajstić information content (AvgIpc) is 2.95. The van der Waals surface area contributed by atoms with Gasteiger partial charge < -0.3 is 26.0 Å². The summed E-state index contributed by atoms with van der Waals surface area (Å²) in [5.74, 6) is -10.2. The molecule has 5 rings (SSSR count). The normalized spacial score (nSPS) is 28.4. The third-order valence-electron chi connectivity index (χ3n) is 9.25. The first-order valence-electron chi connectivity index (χ1n) is 14.5. The van der Waals surface area contributed by atoms with E-state index in [2.05, 4.69) is 12.2 Å². The van der Waals surface area contributed by atoms with Crippen LogP contribution in [0.4, 0.5) is 0 Å². The molecule has 1 amide bonds. The number of aromatic hydroxyl groups is 1. The number of fused-ring (bicyclic) bond motifs is 3. The van der Waals surface area contributed by atoms with Crippen molar-refractivity contribution < 1.29 is 38.9 Å². The Balaban J connectivity index is 1.63. The van der Waals surface area contributed by atoms with E-state index in [9.17, 15) is 34.2 Å². The Kier molecular flexibility index (Phi) is 8.02. The van der Waals surface area contributed by atoms with Crippen LogP contribution < -0.4 is 15.8 Å². The molecule has 0 aliphatic heterocycles. The molecule has 2 aromatic rings. The zero-order chi connectivity index (χ0) is 31.4.